The molecule has 0 aliphatic rings. The summed E-state index contributed by atoms with van der Waals surface area (Å²) in [7, 11) is 3.10. The maximum Gasteiger partial charge on any atom is 0.264 e. The molecule has 0 saturated carbocycles. The Bertz CT molecular complexity index is 2860. The molecule has 0 saturated heterocycles. The van der Waals surface area contributed by atoms with E-state index < -0.39 is 0 Å². The first kappa shape index (κ1) is 35.5. The van der Waals surface area contributed by atoms with Gasteiger partial charge in [0.25, 0.3) is 11.1 Å². The molecule has 0 fully saturated rings. The minimum absolute atomic E-state index is 0.0364. The number of hydrogen-bond acceptors (Lipinski definition) is 12. The van der Waals surface area contributed by atoms with Crippen molar-refractivity contribution in [2.45, 2.75) is 31.7 Å². The Kier molecular flexibility index (Phi) is 9.74. The first-order valence-corrected chi connectivity index (χ1v) is 18.3. The van der Waals surface area contributed by atoms with Crippen molar-refractivity contribution in [3.05, 3.63) is 141 Å². The molecular weight excluding hydrogens is 715 g/mol. The molecule has 3 N–H and O–H groups in total. The van der Waals surface area contributed by atoms with Crippen LogP contribution in [0.1, 0.15) is 23.7 Å². The minimum Gasteiger partial charge on any atom is -0.493 e. The zero-order chi connectivity index (χ0) is 38.1. The molecule has 276 valence electrons. The molecule has 55 heavy (non-hydrogen) atoms. The monoisotopic (exact) mass is 751 g/mol. The molecule has 2 aromatic carbocycles. The topological polar surface area (TPSA) is 149 Å². The van der Waals surface area contributed by atoms with E-state index >= 15 is 0 Å². The second-order valence-electron chi connectivity index (χ2n) is 13.0. The van der Waals surface area contributed by atoms with Gasteiger partial charge in [-0.2, -0.15) is 12.6 Å². The summed E-state index contributed by atoms with van der Waals surface area (Å²) in [5.74, 6) is 2.05. The fourth-order valence-electron chi connectivity index (χ4n) is 6.62. The van der Waals surface area contributed by atoms with Crippen molar-refractivity contribution in [1.29, 1.82) is 0 Å². The van der Waals surface area contributed by atoms with Gasteiger partial charge in [-0.1, -0.05) is 12.1 Å². The molecular formula is C41H37N9O4S. The second-order valence-corrected chi connectivity index (χ2v) is 13.4. The van der Waals surface area contributed by atoms with E-state index in [0.29, 0.717) is 52.0 Å². The van der Waals surface area contributed by atoms with Crippen LogP contribution in [0.5, 0.6) is 11.5 Å². The molecule has 8 aromatic rings. The first-order chi connectivity index (χ1) is 26.8. The van der Waals surface area contributed by atoms with E-state index in [4.69, 9.17) is 24.4 Å². The Morgan fingerprint density at radius 3 is 1.95 bits per heavy atom. The predicted octanol–water partition coefficient (Wildman–Crippen LogP) is 6.45. The third-order valence-corrected chi connectivity index (χ3v) is 9.76. The zero-order valence-corrected chi connectivity index (χ0v) is 31.2. The van der Waals surface area contributed by atoms with E-state index in [-0.39, 0.29) is 29.5 Å². The standard InChI is InChI=1S/C41H37N9O4S/c1-24(43-22-30-36(45-28-12-14-32-25(20-28)7-4-16-42-32)47-38-34(53-2)8-5-17-49(38)40(30)51)19-27-11-10-26-21-29(13-15-33(26)44-27)46-37-31(23-55)41(52)50-18-6-9-35(54-3)39(50)48-37/h4-18,20-21,24,43,45-46,55H,19,22-23H2,1-3H3. The molecule has 8 rings (SSSR count). The summed E-state index contributed by atoms with van der Waals surface area (Å²) >= 11 is 4.42. The highest BCUT2D eigenvalue weighted by Crippen LogP contribution is 2.27. The Labute approximate surface area is 320 Å². The molecule has 0 bridgehead atoms. The number of aromatic nitrogens is 6. The van der Waals surface area contributed by atoms with Crippen molar-refractivity contribution in [3.8, 4) is 11.5 Å². The molecule has 14 heteroatoms. The van der Waals surface area contributed by atoms with Gasteiger partial charge in [-0.25, -0.2) is 9.97 Å². The Balaban J connectivity index is 1.02. The largest absolute Gasteiger partial charge is 0.493 e. The number of benzene rings is 2. The van der Waals surface area contributed by atoms with E-state index in [1.54, 1.807) is 57.1 Å². The van der Waals surface area contributed by atoms with Crippen LogP contribution in [0.15, 0.2) is 113 Å². The summed E-state index contributed by atoms with van der Waals surface area (Å²) in [6.07, 6.45) is 5.73. The summed E-state index contributed by atoms with van der Waals surface area (Å²) in [4.78, 5) is 46.1. The van der Waals surface area contributed by atoms with Crippen LogP contribution in [0.2, 0.25) is 0 Å². The first-order valence-electron chi connectivity index (χ1n) is 17.6. The second kappa shape index (κ2) is 15.1. The molecule has 0 amide bonds. The van der Waals surface area contributed by atoms with Crippen molar-refractivity contribution in [2.24, 2.45) is 0 Å². The molecule has 0 aliphatic carbocycles. The number of rotatable bonds is 12. The van der Waals surface area contributed by atoms with Crippen molar-refractivity contribution < 1.29 is 9.47 Å². The van der Waals surface area contributed by atoms with Crippen LogP contribution in [0.25, 0.3) is 33.1 Å². The van der Waals surface area contributed by atoms with Gasteiger partial charge >= 0.3 is 0 Å². The van der Waals surface area contributed by atoms with Crippen LogP contribution in [-0.4, -0.2) is 49.0 Å². The molecule has 0 radical (unpaired) electrons. The van der Waals surface area contributed by atoms with Crippen LogP contribution in [0.3, 0.4) is 0 Å². The van der Waals surface area contributed by atoms with E-state index in [1.165, 1.54) is 8.80 Å². The summed E-state index contributed by atoms with van der Waals surface area (Å²) in [6.45, 7) is 2.32. The molecule has 6 aromatic heterocycles. The van der Waals surface area contributed by atoms with Crippen molar-refractivity contribution in [2.75, 3.05) is 24.9 Å². The number of methoxy groups -OCH3 is 2. The number of pyridine rings is 4. The number of hydrogen-bond donors (Lipinski definition) is 4. The fraction of sp³-hybridized carbons (Fsp3) is 0.171. The highest BCUT2D eigenvalue weighted by atomic mass is 32.1. The van der Waals surface area contributed by atoms with Gasteiger partial charge in [-0.05, 0) is 79.7 Å². The third-order valence-electron chi connectivity index (χ3n) is 9.44. The van der Waals surface area contributed by atoms with Crippen LogP contribution in [-0.2, 0) is 18.7 Å². The summed E-state index contributed by atoms with van der Waals surface area (Å²) in [5, 5.41) is 12.1. The van der Waals surface area contributed by atoms with Gasteiger partial charge in [0, 0.05) is 71.2 Å². The predicted molar refractivity (Wildman–Crippen MR) is 219 cm³/mol. The Hall–Kier alpha value is -6.51. The van der Waals surface area contributed by atoms with E-state index in [2.05, 4.69) is 40.5 Å². The number of nitrogens with zero attached hydrogens (tertiary/aromatic N) is 6. The van der Waals surface area contributed by atoms with Gasteiger partial charge in [0.2, 0.25) is 0 Å². The summed E-state index contributed by atoms with van der Waals surface area (Å²) in [5.41, 5.74) is 5.46. The third kappa shape index (κ3) is 7.00. The number of fused-ring (bicyclic) bond motifs is 4. The molecule has 13 nitrogen and oxygen atoms in total. The lowest BCUT2D eigenvalue weighted by Gasteiger charge is -2.17. The lowest BCUT2D eigenvalue weighted by atomic mass is 10.1. The van der Waals surface area contributed by atoms with Crippen LogP contribution in [0, 0.1) is 0 Å². The molecule has 1 atom stereocenters. The van der Waals surface area contributed by atoms with Gasteiger partial charge in [-0.3, -0.25) is 28.4 Å². The van der Waals surface area contributed by atoms with E-state index in [1.807, 2.05) is 60.7 Å². The molecule has 0 spiro atoms. The summed E-state index contributed by atoms with van der Waals surface area (Å²) in [6, 6.07) is 26.6. The molecule has 6 heterocycles. The maximum absolute atomic E-state index is 13.9. The van der Waals surface area contributed by atoms with Gasteiger partial charge in [0.05, 0.1) is 36.4 Å². The van der Waals surface area contributed by atoms with Gasteiger partial charge < -0.3 is 25.4 Å². The lowest BCUT2D eigenvalue weighted by Crippen LogP contribution is -2.32. The normalized spacial score (nSPS) is 12.0. The average Bonchev–Trinajstić information content (AvgIpc) is 3.20. The van der Waals surface area contributed by atoms with Crippen molar-refractivity contribution in [1.82, 2.24) is 34.1 Å². The average molecular weight is 752 g/mol. The number of nitrogens with one attached hydrogen (secondary N) is 3. The Morgan fingerprint density at radius 1 is 0.709 bits per heavy atom. The molecule has 0 aliphatic heterocycles. The quantitative estimate of drug-likeness (QED) is 0.102. The Morgan fingerprint density at radius 2 is 1.31 bits per heavy atom. The summed E-state index contributed by atoms with van der Waals surface area (Å²) < 4.78 is 14.0. The highest BCUT2D eigenvalue weighted by Gasteiger charge is 2.18. The number of thiol groups is 1. The lowest BCUT2D eigenvalue weighted by molar-refractivity contribution is 0.416. The zero-order valence-electron chi connectivity index (χ0n) is 30.3. The van der Waals surface area contributed by atoms with Crippen molar-refractivity contribution in [3.63, 3.8) is 0 Å². The smallest absolute Gasteiger partial charge is 0.264 e. The van der Waals surface area contributed by atoms with Crippen LogP contribution in [0.4, 0.5) is 23.0 Å². The molecule has 1 unspecified atom stereocenters. The van der Waals surface area contributed by atoms with Crippen LogP contribution >= 0.6 is 12.6 Å². The highest BCUT2D eigenvalue weighted by molar-refractivity contribution is 7.79. The fourth-order valence-corrected chi connectivity index (χ4v) is 6.91. The number of anilines is 4. The minimum atomic E-state index is -0.214. The number of ether oxygens (including phenoxy) is 2. The SMILES string of the molecule is COc1cccn2c(=O)c(CS)c(Nc3ccc4nc(CC(C)NCc5c(Nc6ccc7ncccc7c6)nc6c(OC)cccn6c5=O)ccc4c3)nc12. The van der Waals surface area contributed by atoms with Crippen LogP contribution < -0.4 is 36.5 Å². The van der Waals surface area contributed by atoms with Gasteiger partial charge in [0.15, 0.2) is 22.8 Å². The van der Waals surface area contributed by atoms with E-state index in [9.17, 15) is 9.59 Å². The van der Waals surface area contributed by atoms with Gasteiger partial charge in [0.1, 0.15) is 11.6 Å². The van der Waals surface area contributed by atoms with E-state index in [0.717, 1.165) is 38.9 Å². The van der Waals surface area contributed by atoms with Gasteiger partial charge in [-0.15, -0.1) is 0 Å². The van der Waals surface area contributed by atoms with Crippen molar-refractivity contribution >= 4 is 68.7 Å². The maximum atomic E-state index is 13.9.